The molecule has 11 nitrogen and oxygen atoms in total. The third-order valence-corrected chi connectivity index (χ3v) is 4.79. The van der Waals surface area contributed by atoms with Crippen LogP contribution in [0, 0.1) is 10.1 Å². The average molecular weight is 424 g/mol. The smallest absolute Gasteiger partial charge is 0.432 e. The van der Waals surface area contributed by atoms with E-state index in [1.165, 1.54) is 24.4 Å². The molecule has 31 heavy (non-hydrogen) atoms. The van der Waals surface area contributed by atoms with Crippen LogP contribution in [0.25, 0.3) is 11.3 Å². The number of morpholine rings is 1. The minimum Gasteiger partial charge on any atom is -0.463 e. The van der Waals surface area contributed by atoms with Crippen LogP contribution in [0.1, 0.15) is 5.56 Å². The second-order valence-electron chi connectivity index (χ2n) is 6.99. The third kappa shape index (κ3) is 5.02. The van der Waals surface area contributed by atoms with Crippen molar-refractivity contribution in [2.75, 3.05) is 31.6 Å². The maximum absolute atomic E-state index is 11.2. The molecule has 1 aliphatic rings. The van der Waals surface area contributed by atoms with E-state index in [1.54, 1.807) is 12.1 Å². The lowest BCUT2D eigenvalue weighted by molar-refractivity contribution is -0.384. The zero-order valence-corrected chi connectivity index (χ0v) is 16.5. The van der Waals surface area contributed by atoms with E-state index in [2.05, 4.69) is 20.3 Å². The summed E-state index contributed by atoms with van der Waals surface area (Å²) in [6.45, 7) is 3.60. The van der Waals surface area contributed by atoms with Gasteiger partial charge >= 0.3 is 6.09 Å². The number of hydrogen-bond acceptors (Lipinski definition) is 8. The van der Waals surface area contributed by atoms with Crippen LogP contribution in [0.4, 0.5) is 22.1 Å². The van der Waals surface area contributed by atoms with Gasteiger partial charge in [-0.25, -0.2) is 9.78 Å². The van der Waals surface area contributed by atoms with Crippen LogP contribution in [-0.2, 0) is 11.3 Å². The van der Waals surface area contributed by atoms with Crippen molar-refractivity contribution in [3.8, 4) is 11.3 Å². The molecule has 2 N–H and O–H groups in total. The van der Waals surface area contributed by atoms with E-state index in [0.29, 0.717) is 42.7 Å². The van der Waals surface area contributed by atoms with Crippen LogP contribution in [0.3, 0.4) is 0 Å². The Labute approximate surface area is 177 Å². The van der Waals surface area contributed by atoms with E-state index in [0.717, 1.165) is 23.3 Å². The molecule has 0 unspecified atom stereocenters. The Bertz CT molecular complexity index is 1110. The number of rotatable bonds is 6. The highest BCUT2D eigenvalue weighted by molar-refractivity contribution is 5.69. The molecular weight excluding hydrogens is 404 g/mol. The average Bonchev–Trinajstić information content (AvgIpc) is 3.23. The molecule has 3 aromatic rings. The zero-order chi connectivity index (χ0) is 21.8. The number of anilines is 2. The molecule has 0 aliphatic carbocycles. The fraction of sp³-hybridized carbons (Fsp3) is 0.250. The molecule has 0 atom stereocenters. The van der Waals surface area contributed by atoms with E-state index in [9.17, 15) is 14.9 Å². The molecule has 1 aromatic carbocycles. The summed E-state index contributed by atoms with van der Waals surface area (Å²) >= 11 is 0. The van der Waals surface area contributed by atoms with Gasteiger partial charge in [0.2, 0.25) is 0 Å². The Kier molecular flexibility index (Phi) is 5.87. The summed E-state index contributed by atoms with van der Waals surface area (Å²) in [5.74, 6) is 0.784. The number of carbonyl (C=O) groups is 1. The van der Waals surface area contributed by atoms with Crippen LogP contribution < -0.4 is 5.32 Å². The highest BCUT2D eigenvalue weighted by Crippen LogP contribution is 2.26. The first-order valence-corrected chi connectivity index (χ1v) is 9.60. The lowest BCUT2D eigenvalue weighted by Gasteiger charge is -2.26. The molecule has 0 saturated carbocycles. The summed E-state index contributed by atoms with van der Waals surface area (Å²) in [6.07, 6.45) is 0.128. The third-order valence-electron chi connectivity index (χ3n) is 4.79. The number of nitro groups is 1. The summed E-state index contributed by atoms with van der Waals surface area (Å²) in [6, 6.07) is 11.6. The van der Waals surface area contributed by atoms with Gasteiger partial charge in [-0.05, 0) is 17.7 Å². The van der Waals surface area contributed by atoms with E-state index in [1.807, 2.05) is 12.1 Å². The van der Waals surface area contributed by atoms with Gasteiger partial charge in [0.05, 0.1) is 23.8 Å². The van der Waals surface area contributed by atoms with Gasteiger partial charge in [0.1, 0.15) is 5.82 Å². The molecule has 11 heteroatoms. The van der Waals surface area contributed by atoms with E-state index < -0.39 is 11.0 Å². The standard InChI is InChI=1S/C20H20N6O5/c27-20(28)25-5-4-18(23-25)22-19-11-14(13-24-6-8-31-9-7-24)10-17(21-19)15-2-1-3-16(12-15)26(29)30/h1-5,10-12H,6-9,13H2,(H,27,28)(H,21,22,23). The Hall–Kier alpha value is -3.83. The molecule has 0 spiro atoms. The maximum atomic E-state index is 11.2. The number of hydrogen-bond donors (Lipinski definition) is 2. The van der Waals surface area contributed by atoms with Gasteiger partial charge in [-0.2, -0.15) is 4.68 Å². The lowest BCUT2D eigenvalue weighted by Crippen LogP contribution is -2.35. The number of nitro benzene ring substituents is 1. The Morgan fingerprint density at radius 2 is 2.00 bits per heavy atom. The highest BCUT2D eigenvalue weighted by atomic mass is 16.6. The summed E-state index contributed by atoms with van der Waals surface area (Å²) < 4.78 is 6.19. The molecule has 2 aromatic heterocycles. The van der Waals surface area contributed by atoms with Crippen LogP contribution in [0.5, 0.6) is 0 Å². The number of benzene rings is 1. The highest BCUT2D eigenvalue weighted by Gasteiger charge is 2.15. The van der Waals surface area contributed by atoms with Crippen LogP contribution in [-0.4, -0.2) is 62.1 Å². The topological polar surface area (TPSA) is 136 Å². The Balaban J connectivity index is 1.68. The minimum absolute atomic E-state index is 0.0207. The van der Waals surface area contributed by atoms with E-state index in [-0.39, 0.29) is 5.69 Å². The SMILES string of the molecule is O=C(O)n1ccc(Nc2cc(CN3CCOCC3)cc(-c3cccc([N+](=O)[O-])c3)n2)n1. The van der Waals surface area contributed by atoms with Crippen molar-refractivity contribution in [3.63, 3.8) is 0 Å². The quantitative estimate of drug-likeness (QED) is 0.452. The zero-order valence-electron chi connectivity index (χ0n) is 16.5. The van der Waals surface area contributed by atoms with Crippen LogP contribution in [0.15, 0.2) is 48.7 Å². The summed E-state index contributed by atoms with van der Waals surface area (Å²) in [5.41, 5.74) is 2.11. The van der Waals surface area contributed by atoms with Crippen LogP contribution in [0.2, 0.25) is 0 Å². The predicted octanol–water partition coefficient (Wildman–Crippen LogP) is 2.96. The first-order valence-electron chi connectivity index (χ1n) is 9.60. The number of nitrogens with zero attached hydrogens (tertiary/aromatic N) is 5. The van der Waals surface area contributed by atoms with Gasteiger partial charge in [-0.1, -0.05) is 12.1 Å². The molecule has 160 valence electrons. The van der Waals surface area contributed by atoms with Gasteiger partial charge < -0.3 is 15.2 Å². The monoisotopic (exact) mass is 424 g/mol. The Morgan fingerprint density at radius 1 is 1.19 bits per heavy atom. The number of non-ortho nitro benzene ring substituents is 1. The van der Waals surface area contributed by atoms with Crippen molar-refractivity contribution in [2.45, 2.75) is 6.54 Å². The number of aromatic nitrogens is 3. The lowest BCUT2D eigenvalue weighted by atomic mass is 10.1. The molecule has 0 bridgehead atoms. The van der Waals surface area contributed by atoms with Gasteiger partial charge in [0, 0.05) is 49.6 Å². The Morgan fingerprint density at radius 3 is 2.71 bits per heavy atom. The van der Waals surface area contributed by atoms with Gasteiger partial charge in [-0.15, -0.1) is 5.10 Å². The molecular formula is C20H20N6O5. The summed E-state index contributed by atoms with van der Waals surface area (Å²) in [5, 5.41) is 27.2. The van der Waals surface area contributed by atoms with Crippen molar-refractivity contribution >= 4 is 23.4 Å². The maximum Gasteiger partial charge on any atom is 0.432 e. The minimum atomic E-state index is -1.20. The second kappa shape index (κ2) is 8.90. The first-order chi connectivity index (χ1) is 15.0. The predicted molar refractivity (Wildman–Crippen MR) is 111 cm³/mol. The fourth-order valence-electron chi connectivity index (χ4n) is 3.32. The molecule has 1 fully saturated rings. The molecule has 1 saturated heterocycles. The second-order valence-corrected chi connectivity index (χ2v) is 6.99. The number of carboxylic acid groups (broad SMARTS) is 1. The van der Waals surface area contributed by atoms with Crippen molar-refractivity contribution < 1.29 is 19.6 Å². The van der Waals surface area contributed by atoms with Gasteiger partial charge in [0.15, 0.2) is 5.82 Å². The number of ether oxygens (including phenoxy) is 1. The van der Waals surface area contributed by atoms with Crippen molar-refractivity contribution in [3.05, 3.63) is 64.3 Å². The van der Waals surface area contributed by atoms with Crippen molar-refractivity contribution in [1.29, 1.82) is 0 Å². The molecule has 4 rings (SSSR count). The summed E-state index contributed by atoms with van der Waals surface area (Å²) in [4.78, 5) is 28.6. The molecule has 1 aliphatic heterocycles. The van der Waals surface area contributed by atoms with E-state index in [4.69, 9.17) is 9.84 Å². The fourth-order valence-corrected chi connectivity index (χ4v) is 3.32. The number of pyridine rings is 1. The number of nitrogens with one attached hydrogen (secondary N) is 1. The van der Waals surface area contributed by atoms with Crippen molar-refractivity contribution in [2.24, 2.45) is 0 Å². The normalized spacial score (nSPS) is 14.3. The molecule has 0 radical (unpaired) electrons. The van der Waals surface area contributed by atoms with E-state index >= 15 is 0 Å². The van der Waals surface area contributed by atoms with Crippen molar-refractivity contribution in [1.82, 2.24) is 19.7 Å². The van der Waals surface area contributed by atoms with Crippen LogP contribution >= 0.6 is 0 Å². The summed E-state index contributed by atoms with van der Waals surface area (Å²) in [7, 11) is 0. The van der Waals surface area contributed by atoms with Gasteiger partial charge in [-0.3, -0.25) is 15.0 Å². The van der Waals surface area contributed by atoms with Gasteiger partial charge in [0.25, 0.3) is 5.69 Å². The molecule has 3 heterocycles. The first kappa shape index (κ1) is 20.4. The largest absolute Gasteiger partial charge is 0.463 e. The molecule has 0 amide bonds.